The van der Waals surface area contributed by atoms with Gasteiger partial charge in [0.2, 0.25) is 10.0 Å². The molecule has 1 aromatic carbocycles. The fourth-order valence-electron chi connectivity index (χ4n) is 3.31. The maximum atomic E-state index is 12.3. The molecule has 0 bridgehead atoms. The summed E-state index contributed by atoms with van der Waals surface area (Å²) in [7, 11) is -3.30. The highest BCUT2D eigenvalue weighted by molar-refractivity contribution is 14.0. The summed E-state index contributed by atoms with van der Waals surface area (Å²) in [5, 5.41) is 3.14. The van der Waals surface area contributed by atoms with E-state index in [2.05, 4.69) is 16.4 Å². The van der Waals surface area contributed by atoms with Crippen molar-refractivity contribution >= 4 is 45.6 Å². The number of anilines is 1. The smallest absolute Gasteiger partial charge is 0.216 e. The first-order valence-corrected chi connectivity index (χ1v) is 10.4. The molecule has 0 radical (unpaired) electrons. The van der Waals surface area contributed by atoms with Crippen molar-refractivity contribution in [2.75, 3.05) is 43.9 Å². The van der Waals surface area contributed by atoms with Crippen molar-refractivity contribution in [3.8, 4) is 0 Å². The molecule has 1 saturated heterocycles. The second kappa shape index (κ2) is 9.86. The first-order chi connectivity index (χ1) is 12.1. The Bertz CT molecular complexity index is 734. The molecule has 3 N–H and O–H groups in total. The van der Waals surface area contributed by atoms with Crippen molar-refractivity contribution in [3.63, 3.8) is 0 Å². The third kappa shape index (κ3) is 5.54. The van der Waals surface area contributed by atoms with E-state index in [4.69, 9.17) is 10.5 Å². The van der Waals surface area contributed by atoms with E-state index in [9.17, 15) is 8.42 Å². The van der Waals surface area contributed by atoms with Gasteiger partial charge in [0.15, 0.2) is 5.96 Å². The number of nitrogens with two attached hydrogens (primary N) is 1. The summed E-state index contributed by atoms with van der Waals surface area (Å²) in [5.74, 6) is 0.221. The Balaban J connectivity index is 0.00000243. The molecular formula is C17H27IN4O3S. The molecule has 0 amide bonds. The van der Waals surface area contributed by atoms with Crippen LogP contribution in [0.1, 0.15) is 24.0 Å². The number of halogens is 1. The molecule has 0 saturated carbocycles. The molecule has 3 rings (SSSR count). The van der Waals surface area contributed by atoms with E-state index < -0.39 is 10.0 Å². The standard InChI is InChI=1S/C17H26N4O3S.HI/c18-17(19-8-13-25(22,23)21-9-11-24-12-10-21)20-16-7-3-5-14-4-1-2-6-15(14)16;/h3,5,7H,1-2,4,6,8-13H2,(H3,18,19,20);1H. The van der Waals surface area contributed by atoms with Crippen LogP contribution >= 0.6 is 24.0 Å². The second-order valence-corrected chi connectivity index (χ2v) is 8.46. The monoisotopic (exact) mass is 494 g/mol. The number of ether oxygens (including phenoxy) is 1. The van der Waals surface area contributed by atoms with Crippen LogP contribution in [-0.4, -0.2) is 57.3 Å². The lowest BCUT2D eigenvalue weighted by Gasteiger charge is -2.25. The van der Waals surface area contributed by atoms with E-state index in [0.29, 0.717) is 26.3 Å². The third-order valence-corrected chi connectivity index (χ3v) is 6.50. The summed E-state index contributed by atoms with van der Waals surface area (Å²) >= 11 is 0. The van der Waals surface area contributed by atoms with Crippen molar-refractivity contribution in [3.05, 3.63) is 29.3 Å². The molecule has 1 fully saturated rings. The van der Waals surface area contributed by atoms with Crippen molar-refractivity contribution in [2.45, 2.75) is 25.7 Å². The average Bonchev–Trinajstić information content (AvgIpc) is 2.63. The Labute approximate surface area is 172 Å². The van der Waals surface area contributed by atoms with Crippen molar-refractivity contribution in [1.29, 1.82) is 0 Å². The molecular weight excluding hydrogens is 467 g/mol. The maximum absolute atomic E-state index is 12.3. The number of guanidine groups is 1. The number of nitrogens with zero attached hydrogens (tertiary/aromatic N) is 2. The van der Waals surface area contributed by atoms with Gasteiger partial charge >= 0.3 is 0 Å². The highest BCUT2D eigenvalue weighted by atomic mass is 127. The van der Waals surface area contributed by atoms with E-state index in [0.717, 1.165) is 18.5 Å². The lowest BCUT2D eigenvalue weighted by molar-refractivity contribution is 0.0731. The Morgan fingerprint density at radius 3 is 2.73 bits per heavy atom. The number of aryl methyl sites for hydroxylation is 1. The molecule has 1 aliphatic carbocycles. The molecule has 1 aromatic rings. The lowest BCUT2D eigenvalue weighted by atomic mass is 9.90. The molecule has 1 aliphatic heterocycles. The molecule has 0 spiro atoms. The van der Waals surface area contributed by atoms with Gasteiger partial charge in [0.05, 0.1) is 25.5 Å². The van der Waals surface area contributed by atoms with Gasteiger partial charge in [-0.1, -0.05) is 12.1 Å². The highest BCUT2D eigenvalue weighted by Crippen LogP contribution is 2.27. The summed E-state index contributed by atoms with van der Waals surface area (Å²) in [6, 6.07) is 6.17. The minimum absolute atomic E-state index is 0. The summed E-state index contributed by atoms with van der Waals surface area (Å²) in [6.45, 7) is 1.87. The first kappa shape index (κ1) is 21.4. The van der Waals surface area contributed by atoms with Gasteiger partial charge in [-0.3, -0.25) is 4.99 Å². The Morgan fingerprint density at radius 2 is 1.96 bits per heavy atom. The van der Waals surface area contributed by atoms with Crippen molar-refractivity contribution in [1.82, 2.24) is 4.31 Å². The SMILES string of the molecule is I.NC(=NCCS(=O)(=O)N1CCOCC1)Nc1cccc2c1CCCC2. The summed E-state index contributed by atoms with van der Waals surface area (Å²) in [6.07, 6.45) is 4.54. The van der Waals surface area contributed by atoms with Gasteiger partial charge in [-0.05, 0) is 42.9 Å². The van der Waals surface area contributed by atoms with E-state index in [1.165, 1.54) is 28.3 Å². The number of fused-ring (bicyclic) bond motifs is 1. The average molecular weight is 494 g/mol. The number of hydrogen-bond donors (Lipinski definition) is 2. The molecule has 146 valence electrons. The zero-order valence-electron chi connectivity index (χ0n) is 14.8. The number of morpholine rings is 1. The Hall–Kier alpha value is -0.910. The third-order valence-electron chi connectivity index (χ3n) is 4.65. The second-order valence-electron chi connectivity index (χ2n) is 6.37. The predicted molar refractivity (Wildman–Crippen MR) is 115 cm³/mol. The summed E-state index contributed by atoms with van der Waals surface area (Å²) < 4.78 is 31.2. The number of sulfonamides is 1. The van der Waals surface area contributed by atoms with E-state index in [1.807, 2.05) is 12.1 Å². The number of nitrogens with one attached hydrogen (secondary N) is 1. The number of aliphatic imine (C=N–C) groups is 1. The zero-order chi connectivity index (χ0) is 17.7. The van der Waals surface area contributed by atoms with Gasteiger partial charge in [-0.25, -0.2) is 8.42 Å². The predicted octanol–water partition coefficient (Wildman–Crippen LogP) is 1.57. The van der Waals surface area contributed by atoms with Gasteiger partial charge in [0.1, 0.15) is 0 Å². The van der Waals surface area contributed by atoms with Crippen LogP contribution in [0, 0.1) is 0 Å². The molecule has 2 aliphatic rings. The first-order valence-electron chi connectivity index (χ1n) is 8.79. The lowest BCUT2D eigenvalue weighted by Crippen LogP contribution is -2.42. The van der Waals surface area contributed by atoms with Gasteiger partial charge in [0.25, 0.3) is 0 Å². The Morgan fingerprint density at radius 1 is 1.23 bits per heavy atom. The van der Waals surface area contributed by atoms with Gasteiger partial charge in [0, 0.05) is 18.8 Å². The molecule has 9 heteroatoms. The number of benzene rings is 1. The van der Waals surface area contributed by atoms with E-state index in [1.54, 1.807) is 0 Å². The fourth-order valence-corrected chi connectivity index (χ4v) is 4.60. The van der Waals surface area contributed by atoms with Gasteiger partial charge < -0.3 is 15.8 Å². The maximum Gasteiger partial charge on any atom is 0.216 e. The topological polar surface area (TPSA) is 97.0 Å². The van der Waals surface area contributed by atoms with Crippen LogP contribution < -0.4 is 11.1 Å². The van der Waals surface area contributed by atoms with Crippen LogP contribution in [0.5, 0.6) is 0 Å². The number of rotatable bonds is 5. The van der Waals surface area contributed by atoms with Crippen LogP contribution in [-0.2, 0) is 27.6 Å². The van der Waals surface area contributed by atoms with Gasteiger partial charge in [-0.2, -0.15) is 4.31 Å². The molecule has 0 atom stereocenters. The van der Waals surface area contributed by atoms with Crippen LogP contribution in [0.15, 0.2) is 23.2 Å². The molecule has 1 heterocycles. The van der Waals surface area contributed by atoms with Crippen LogP contribution in [0.3, 0.4) is 0 Å². The minimum atomic E-state index is -3.30. The quantitative estimate of drug-likeness (QED) is 0.368. The molecule has 0 unspecified atom stereocenters. The summed E-state index contributed by atoms with van der Waals surface area (Å²) in [5.41, 5.74) is 9.60. The zero-order valence-corrected chi connectivity index (χ0v) is 18.0. The Kier molecular flexibility index (Phi) is 8.11. The largest absolute Gasteiger partial charge is 0.379 e. The van der Waals surface area contributed by atoms with Crippen LogP contribution in [0.4, 0.5) is 5.69 Å². The minimum Gasteiger partial charge on any atom is -0.379 e. The van der Waals surface area contributed by atoms with Gasteiger partial charge in [-0.15, -0.1) is 24.0 Å². The normalized spacial score (nSPS) is 18.7. The summed E-state index contributed by atoms with van der Waals surface area (Å²) in [4.78, 5) is 4.19. The molecule has 7 nitrogen and oxygen atoms in total. The van der Waals surface area contributed by atoms with E-state index in [-0.39, 0.29) is 42.2 Å². The molecule has 0 aromatic heterocycles. The fraction of sp³-hybridized carbons (Fsp3) is 0.588. The number of hydrogen-bond acceptors (Lipinski definition) is 4. The molecule has 26 heavy (non-hydrogen) atoms. The van der Waals surface area contributed by atoms with Crippen molar-refractivity contribution in [2.24, 2.45) is 10.7 Å². The van der Waals surface area contributed by atoms with E-state index >= 15 is 0 Å². The van der Waals surface area contributed by atoms with Crippen LogP contribution in [0.25, 0.3) is 0 Å². The highest BCUT2D eigenvalue weighted by Gasteiger charge is 2.23. The van der Waals surface area contributed by atoms with Crippen LogP contribution in [0.2, 0.25) is 0 Å². The van der Waals surface area contributed by atoms with Crippen molar-refractivity contribution < 1.29 is 13.2 Å².